The van der Waals surface area contributed by atoms with Crippen molar-refractivity contribution in [3.63, 3.8) is 0 Å². The standard InChI is InChI=1S/C6H7NO2/c7-5(4-8)6-2-1-3-9-6/h1-5H,7H2/t5-/m1/s1. The quantitative estimate of drug-likeness (QED) is 0.585. The van der Waals surface area contributed by atoms with E-state index in [0.29, 0.717) is 12.0 Å². The number of furan rings is 1. The van der Waals surface area contributed by atoms with Crippen molar-refractivity contribution in [2.24, 2.45) is 5.73 Å². The van der Waals surface area contributed by atoms with Crippen molar-refractivity contribution in [1.82, 2.24) is 0 Å². The summed E-state index contributed by atoms with van der Waals surface area (Å²) in [6.45, 7) is 0. The molecule has 1 atom stereocenters. The predicted octanol–water partition coefficient (Wildman–Crippen LogP) is 0.478. The number of rotatable bonds is 2. The Morgan fingerprint density at radius 1 is 1.78 bits per heavy atom. The van der Waals surface area contributed by atoms with Crippen molar-refractivity contribution in [2.45, 2.75) is 6.04 Å². The third kappa shape index (κ3) is 1.17. The minimum atomic E-state index is -0.611. The largest absolute Gasteiger partial charge is 0.467 e. The van der Waals surface area contributed by atoms with Gasteiger partial charge in [0.2, 0.25) is 0 Å². The van der Waals surface area contributed by atoms with Gasteiger partial charge in [-0.2, -0.15) is 0 Å². The Bertz CT molecular complexity index is 181. The average molecular weight is 125 g/mol. The lowest BCUT2D eigenvalue weighted by Gasteiger charge is -1.94. The van der Waals surface area contributed by atoms with E-state index in [9.17, 15) is 4.79 Å². The van der Waals surface area contributed by atoms with Crippen LogP contribution >= 0.6 is 0 Å². The first-order valence-electron chi connectivity index (χ1n) is 2.59. The first-order chi connectivity index (χ1) is 4.34. The molecule has 0 radical (unpaired) electrons. The molecule has 2 N–H and O–H groups in total. The zero-order valence-electron chi connectivity index (χ0n) is 4.78. The third-order valence-electron chi connectivity index (χ3n) is 1.02. The molecule has 0 spiro atoms. The van der Waals surface area contributed by atoms with Crippen LogP contribution < -0.4 is 5.73 Å². The van der Waals surface area contributed by atoms with Crippen molar-refractivity contribution >= 4 is 6.29 Å². The molecule has 1 aromatic rings. The van der Waals surface area contributed by atoms with Crippen LogP contribution in [0.3, 0.4) is 0 Å². The second-order valence-corrected chi connectivity index (χ2v) is 1.68. The summed E-state index contributed by atoms with van der Waals surface area (Å²) in [4.78, 5) is 10.0. The summed E-state index contributed by atoms with van der Waals surface area (Å²) in [5, 5.41) is 0. The van der Waals surface area contributed by atoms with Gasteiger partial charge in [-0.25, -0.2) is 0 Å². The molecule has 0 aliphatic rings. The molecule has 0 bridgehead atoms. The van der Waals surface area contributed by atoms with Crippen LogP contribution in [0.5, 0.6) is 0 Å². The van der Waals surface area contributed by atoms with Gasteiger partial charge in [-0.3, -0.25) is 0 Å². The maximum Gasteiger partial charge on any atom is 0.144 e. The molecule has 1 rings (SSSR count). The lowest BCUT2D eigenvalue weighted by Crippen LogP contribution is -2.09. The van der Waals surface area contributed by atoms with Crippen LogP contribution in [0.15, 0.2) is 22.8 Å². The summed E-state index contributed by atoms with van der Waals surface area (Å²) in [6, 6.07) is 2.75. The molecule has 1 aromatic heterocycles. The molecule has 48 valence electrons. The number of aldehydes is 1. The van der Waals surface area contributed by atoms with Gasteiger partial charge in [0.25, 0.3) is 0 Å². The van der Waals surface area contributed by atoms with E-state index in [1.54, 1.807) is 12.1 Å². The van der Waals surface area contributed by atoms with Gasteiger partial charge >= 0.3 is 0 Å². The fourth-order valence-electron chi connectivity index (χ4n) is 0.548. The maximum atomic E-state index is 10.0. The van der Waals surface area contributed by atoms with Gasteiger partial charge < -0.3 is 14.9 Å². The molecule has 9 heavy (non-hydrogen) atoms. The van der Waals surface area contributed by atoms with Crippen LogP contribution in [0, 0.1) is 0 Å². The first kappa shape index (κ1) is 6.04. The summed E-state index contributed by atoms with van der Waals surface area (Å²) in [5.74, 6) is 0.505. The predicted molar refractivity (Wildman–Crippen MR) is 31.7 cm³/mol. The Kier molecular flexibility index (Phi) is 1.65. The molecule has 0 aromatic carbocycles. The minimum Gasteiger partial charge on any atom is -0.467 e. The molecule has 0 fully saturated rings. The minimum absolute atomic E-state index is 0.505. The van der Waals surface area contributed by atoms with Crippen LogP contribution in [0.2, 0.25) is 0 Å². The highest BCUT2D eigenvalue weighted by Gasteiger charge is 2.04. The molecule has 0 aliphatic heterocycles. The molecular weight excluding hydrogens is 118 g/mol. The molecule has 0 amide bonds. The number of nitrogens with two attached hydrogens (primary N) is 1. The van der Waals surface area contributed by atoms with Crippen LogP contribution in [-0.2, 0) is 4.79 Å². The van der Waals surface area contributed by atoms with E-state index in [2.05, 4.69) is 0 Å². The Morgan fingerprint density at radius 2 is 2.56 bits per heavy atom. The number of carbonyl (C=O) groups is 1. The maximum absolute atomic E-state index is 10.0. The van der Waals surface area contributed by atoms with Crippen molar-refractivity contribution in [1.29, 1.82) is 0 Å². The monoisotopic (exact) mass is 125 g/mol. The van der Waals surface area contributed by atoms with Crippen LogP contribution in [0.25, 0.3) is 0 Å². The van der Waals surface area contributed by atoms with Gasteiger partial charge in [0, 0.05) is 0 Å². The highest BCUT2D eigenvalue weighted by Crippen LogP contribution is 2.06. The second kappa shape index (κ2) is 2.46. The zero-order chi connectivity index (χ0) is 6.69. The zero-order valence-corrected chi connectivity index (χ0v) is 4.78. The third-order valence-corrected chi connectivity index (χ3v) is 1.02. The first-order valence-corrected chi connectivity index (χ1v) is 2.59. The van der Waals surface area contributed by atoms with E-state index in [1.165, 1.54) is 6.26 Å². The molecule has 1 heterocycles. The van der Waals surface area contributed by atoms with Gasteiger partial charge in [-0.15, -0.1) is 0 Å². The lowest BCUT2D eigenvalue weighted by molar-refractivity contribution is -0.109. The average Bonchev–Trinajstić information content (AvgIpc) is 2.37. The number of hydrogen-bond donors (Lipinski definition) is 1. The number of hydrogen-bond acceptors (Lipinski definition) is 3. The Labute approximate surface area is 52.5 Å². The van der Waals surface area contributed by atoms with E-state index in [4.69, 9.17) is 10.2 Å². The van der Waals surface area contributed by atoms with E-state index in [1.807, 2.05) is 0 Å². The van der Waals surface area contributed by atoms with Crippen LogP contribution in [-0.4, -0.2) is 6.29 Å². The molecule has 0 unspecified atom stereocenters. The number of carbonyl (C=O) groups excluding carboxylic acids is 1. The molecule has 3 nitrogen and oxygen atoms in total. The van der Waals surface area contributed by atoms with Crippen molar-refractivity contribution in [2.75, 3.05) is 0 Å². The highest BCUT2D eigenvalue weighted by atomic mass is 16.3. The van der Waals surface area contributed by atoms with Gasteiger partial charge in [0.15, 0.2) is 0 Å². The van der Waals surface area contributed by atoms with E-state index in [0.717, 1.165) is 0 Å². The van der Waals surface area contributed by atoms with Crippen molar-refractivity contribution in [3.05, 3.63) is 24.2 Å². The summed E-state index contributed by atoms with van der Waals surface area (Å²) < 4.78 is 4.83. The lowest BCUT2D eigenvalue weighted by atomic mass is 10.3. The van der Waals surface area contributed by atoms with E-state index < -0.39 is 6.04 Å². The Hall–Kier alpha value is -1.09. The van der Waals surface area contributed by atoms with E-state index >= 15 is 0 Å². The second-order valence-electron chi connectivity index (χ2n) is 1.68. The summed E-state index contributed by atoms with van der Waals surface area (Å²) in [5.41, 5.74) is 5.28. The van der Waals surface area contributed by atoms with Gasteiger partial charge in [-0.05, 0) is 12.1 Å². The fourth-order valence-corrected chi connectivity index (χ4v) is 0.548. The normalized spacial score (nSPS) is 13.0. The van der Waals surface area contributed by atoms with Crippen LogP contribution in [0.4, 0.5) is 0 Å². The summed E-state index contributed by atoms with van der Waals surface area (Å²) >= 11 is 0. The fraction of sp³-hybridized carbons (Fsp3) is 0.167. The smallest absolute Gasteiger partial charge is 0.144 e. The van der Waals surface area contributed by atoms with Gasteiger partial charge in [-0.1, -0.05) is 0 Å². The van der Waals surface area contributed by atoms with Crippen molar-refractivity contribution < 1.29 is 9.21 Å². The molecule has 0 saturated carbocycles. The molecule has 0 saturated heterocycles. The van der Waals surface area contributed by atoms with Crippen LogP contribution in [0.1, 0.15) is 11.8 Å². The summed E-state index contributed by atoms with van der Waals surface area (Å²) in [6.07, 6.45) is 2.12. The van der Waals surface area contributed by atoms with Gasteiger partial charge in [0.05, 0.1) is 6.26 Å². The van der Waals surface area contributed by atoms with Gasteiger partial charge in [0.1, 0.15) is 18.1 Å². The highest BCUT2D eigenvalue weighted by molar-refractivity contribution is 5.59. The molecule has 0 aliphatic carbocycles. The Balaban J connectivity index is 2.76. The topological polar surface area (TPSA) is 56.2 Å². The Morgan fingerprint density at radius 3 is 3.00 bits per heavy atom. The van der Waals surface area contributed by atoms with Crippen molar-refractivity contribution in [3.8, 4) is 0 Å². The molecular formula is C6H7NO2. The SMILES string of the molecule is N[C@H](C=O)c1ccco1. The van der Waals surface area contributed by atoms with E-state index in [-0.39, 0.29) is 0 Å². The molecule has 3 heteroatoms. The summed E-state index contributed by atoms with van der Waals surface area (Å²) in [7, 11) is 0.